The Balaban J connectivity index is 3.36. The number of thioether (sulfide) groups is 1. The fraction of sp³-hybridized carbons (Fsp3) is 1.00. The van der Waals surface area contributed by atoms with Gasteiger partial charge in [0, 0.05) is 18.3 Å². The highest BCUT2D eigenvalue weighted by molar-refractivity contribution is 8.00. The maximum absolute atomic E-state index is 11.6. The van der Waals surface area contributed by atoms with Gasteiger partial charge in [-0.25, -0.2) is 0 Å². The normalized spacial score (nSPS) is 17.1. The van der Waals surface area contributed by atoms with E-state index in [1.165, 1.54) is 0 Å². The molecule has 0 saturated heterocycles. The Morgan fingerprint density at radius 2 is 1.92 bits per heavy atom. The molecule has 0 aromatic heterocycles. The molecule has 0 spiro atoms. The summed E-state index contributed by atoms with van der Waals surface area (Å²) in [6.45, 7) is 3.56. The molecule has 0 aromatic carbocycles. The molecular weight excluding hydrogens is 203 g/mol. The second-order valence-electron chi connectivity index (χ2n) is 2.78. The Kier molecular flexibility index (Phi) is 5.75. The number of rotatable bonds is 5. The molecule has 0 bridgehead atoms. The molecule has 0 fully saturated rings. The lowest BCUT2D eigenvalue weighted by Gasteiger charge is -2.16. The second kappa shape index (κ2) is 5.72. The van der Waals surface area contributed by atoms with E-state index in [0.29, 0.717) is 0 Å². The van der Waals surface area contributed by atoms with Gasteiger partial charge < -0.3 is 10.4 Å². The zero-order valence-corrected chi connectivity index (χ0v) is 8.37. The van der Waals surface area contributed by atoms with Crippen molar-refractivity contribution >= 4 is 11.8 Å². The molecule has 0 saturated carbocycles. The lowest BCUT2D eigenvalue weighted by molar-refractivity contribution is -0.0327. The fourth-order valence-corrected chi connectivity index (χ4v) is 1.08. The van der Waals surface area contributed by atoms with Crippen molar-refractivity contribution in [2.24, 2.45) is 0 Å². The van der Waals surface area contributed by atoms with E-state index >= 15 is 0 Å². The largest absolute Gasteiger partial charge is 0.441 e. The highest BCUT2D eigenvalue weighted by atomic mass is 32.2. The van der Waals surface area contributed by atoms with Crippen LogP contribution in [0.15, 0.2) is 0 Å². The number of nitrogens with one attached hydrogen (secondary N) is 1. The van der Waals surface area contributed by atoms with Crippen molar-refractivity contribution in [3.05, 3.63) is 0 Å². The van der Waals surface area contributed by atoms with Gasteiger partial charge in [-0.3, -0.25) is 0 Å². The summed E-state index contributed by atoms with van der Waals surface area (Å²) < 4.78 is 34.9. The molecule has 13 heavy (non-hydrogen) atoms. The maximum atomic E-state index is 11.6. The smallest absolute Gasteiger partial charge is 0.392 e. The number of hydrogen-bond acceptors (Lipinski definition) is 3. The average Bonchev–Trinajstić information content (AvgIpc) is 1.95. The van der Waals surface area contributed by atoms with E-state index in [2.05, 4.69) is 5.32 Å². The van der Waals surface area contributed by atoms with E-state index in [-0.39, 0.29) is 30.1 Å². The third-order valence-corrected chi connectivity index (χ3v) is 2.29. The quantitative estimate of drug-likeness (QED) is 0.686. The average molecular weight is 217 g/mol. The molecule has 80 valence electrons. The van der Waals surface area contributed by atoms with Crippen LogP contribution in [0.5, 0.6) is 0 Å². The standard InChI is InChI=1S/C7H14F3NOS/c1-5(6(2)12)11-3-4-13-7(8,9)10/h5-6,11-12H,3-4H2,1-2H3. The van der Waals surface area contributed by atoms with Crippen LogP contribution in [0.25, 0.3) is 0 Å². The van der Waals surface area contributed by atoms with E-state index in [1.807, 2.05) is 0 Å². The van der Waals surface area contributed by atoms with Crippen molar-refractivity contribution in [3.63, 3.8) is 0 Å². The van der Waals surface area contributed by atoms with Crippen molar-refractivity contribution in [1.82, 2.24) is 5.32 Å². The first-order valence-electron chi connectivity index (χ1n) is 3.95. The number of alkyl halides is 3. The minimum atomic E-state index is -4.16. The van der Waals surface area contributed by atoms with Crippen LogP contribution in [0.2, 0.25) is 0 Å². The van der Waals surface area contributed by atoms with Crippen molar-refractivity contribution in [2.45, 2.75) is 31.5 Å². The first-order valence-corrected chi connectivity index (χ1v) is 4.93. The minimum Gasteiger partial charge on any atom is -0.392 e. The zero-order chi connectivity index (χ0) is 10.5. The Bertz CT molecular complexity index is 140. The van der Waals surface area contributed by atoms with Crippen molar-refractivity contribution in [2.75, 3.05) is 12.3 Å². The van der Waals surface area contributed by atoms with Gasteiger partial charge in [0.2, 0.25) is 0 Å². The van der Waals surface area contributed by atoms with Gasteiger partial charge in [-0.15, -0.1) is 0 Å². The third kappa shape index (κ3) is 8.39. The van der Waals surface area contributed by atoms with Gasteiger partial charge in [-0.2, -0.15) is 13.2 Å². The molecule has 2 N–H and O–H groups in total. The molecule has 0 aromatic rings. The Morgan fingerprint density at radius 3 is 2.31 bits per heavy atom. The first-order chi connectivity index (χ1) is 5.83. The predicted molar refractivity (Wildman–Crippen MR) is 47.7 cm³/mol. The van der Waals surface area contributed by atoms with E-state index < -0.39 is 11.6 Å². The SMILES string of the molecule is CC(O)C(C)NCCSC(F)(F)F. The topological polar surface area (TPSA) is 32.3 Å². The fourth-order valence-electron chi connectivity index (χ4n) is 0.624. The van der Waals surface area contributed by atoms with Crippen molar-refractivity contribution in [1.29, 1.82) is 0 Å². The van der Waals surface area contributed by atoms with Gasteiger partial charge in [-0.1, -0.05) is 0 Å². The first kappa shape index (κ1) is 13.1. The Labute approximate surface area is 79.9 Å². The highest BCUT2D eigenvalue weighted by Crippen LogP contribution is 2.29. The number of halogens is 3. The van der Waals surface area contributed by atoms with Gasteiger partial charge >= 0.3 is 5.51 Å². The van der Waals surface area contributed by atoms with E-state index in [4.69, 9.17) is 5.11 Å². The number of aliphatic hydroxyl groups excluding tert-OH is 1. The zero-order valence-electron chi connectivity index (χ0n) is 7.56. The van der Waals surface area contributed by atoms with Crippen molar-refractivity contribution < 1.29 is 18.3 Å². The molecule has 0 aliphatic heterocycles. The third-order valence-electron chi connectivity index (χ3n) is 1.56. The summed E-state index contributed by atoms with van der Waals surface area (Å²) in [5.41, 5.74) is -4.16. The summed E-state index contributed by atoms with van der Waals surface area (Å²) in [6, 6.07) is -0.172. The predicted octanol–water partition coefficient (Wildman–Crippen LogP) is 1.60. The van der Waals surface area contributed by atoms with E-state index in [1.54, 1.807) is 13.8 Å². The van der Waals surface area contributed by atoms with E-state index in [0.717, 1.165) is 0 Å². The van der Waals surface area contributed by atoms with Gasteiger partial charge in [0.15, 0.2) is 0 Å². The maximum Gasteiger partial charge on any atom is 0.441 e. The summed E-state index contributed by atoms with van der Waals surface area (Å²) >= 11 is -0.0569. The molecule has 2 nitrogen and oxygen atoms in total. The van der Waals surface area contributed by atoms with Gasteiger partial charge in [0.1, 0.15) is 0 Å². The molecule has 0 radical (unpaired) electrons. The molecule has 2 atom stereocenters. The second-order valence-corrected chi connectivity index (χ2v) is 3.94. The molecular formula is C7H14F3NOS. The summed E-state index contributed by atoms with van der Waals surface area (Å²) in [7, 11) is 0. The van der Waals surface area contributed by atoms with Gasteiger partial charge in [0.05, 0.1) is 6.10 Å². The number of hydrogen-bond donors (Lipinski definition) is 2. The van der Waals surface area contributed by atoms with Crippen LogP contribution < -0.4 is 5.32 Å². The lowest BCUT2D eigenvalue weighted by atomic mass is 10.2. The molecule has 0 aliphatic carbocycles. The monoisotopic (exact) mass is 217 g/mol. The summed E-state index contributed by atoms with van der Waals surface area (Å²) in [6.07, 6.45) is -0.545. The lowest BCUT2D eigenvalue weighted by Crippen LogP contribution is -2.36. The summed E-state index contributed by atoms with van der Waals surface area (Å²) in [5.74, 6) is -0.0272. The Morgan fingerprint density at radius 1 is 1.38 bits per heavy atom. The van der Waals surface area contributed by atoms with Crippen LogP contribution in [0.1, 0.15) is 13.8 Å². The van der Waals surface area contributed by atoms with Crippen LogP contribution >= 0.6 is 11.8 Å². The van der Waals surface area contributed by atoms with Crippen LogP contribution in [-0.4, -0.2) is 35.1 Å². The molecule has 0 heterocycles. The number of aliphatic hydroxyl groups is 1. The van der Waals surface area contributed by atoms with Gasteiger partial charge in [-0.05, 0) is 25.6 Å². The molecule has 0 rings (SSSR count). The minimum absolute atomic E-state index is 0.0272. The summed E-state index contributed by atoms with van der Waals surface area (Å²) in [4.78, 5) is 0. The van der Waals surface area contributed by atoms with Crippen LogP contribution in [-0.2, 0) is 0 Å². The molecule has 0 aliphatic rings. The molecule has 6 heteroatoms. The Hall–Kier alpha value is 0.0600. The molecule has 2 unspecified atom stereocenters. The van der Waals surface area contributed by atoms with Crippen LogP contribution in [0.4, 0.5) is 13.2 Å². The van der Waals surface area contributed by atoms with Crippen LogP contribution in [0.3, 0.4) is 0 Å². The van der Waals surface area contributed by atoms with Gasteiger partial charge in [0.25, 0.3) is 0 Å². The van der Waals surface area contributed by atoms with Crippen molar-refractivity contribution in [3.8, 4) is 0 Å². The highest BCUT2D eigenvalue weighted by Gasteiger charge is 2.27. The summed E-state index contributed by atoms with van der Waals surface area (Å²) in [5, 5.41) is 11.8. The molecule has 0 amide bonds. The van der Waals surface area contributed by atoms with Crippen LogP contribution in [0, 0.1) is 0 Å². The van der Waals surface area contributed by atoms with E-state index in [9.17, 15) is 13.2 Å².